The molecule has 3 heterocycles. The van der Waals surface area contributed by atoms with Gasteiger partial charge >= 0.3 is 6.09 Å². The van der Waals surface area contributed by atoms with E-state index in [0.717, 1.165) is 40.7 Å². The highest BCUT2D eigenvalue weighted by Crippen LogP contribution is 2.30. The van der Waals surface area contributed by atoms with E-state index in [-0.39, 0.29) is 6.09 Å². The van der Waals surface area contributed by atoms with Crippen molar-refractivity contribution in [2.24, 2.45) is 5.92 Å². The molecule has 2 aromatic rings. The summed E-state index contributed by atoms with van der Waals surface area (Å²) in [5.74, 6) is 1.98. The molecule has 2 aromatic heterocycles. The van der Waals surface area contributed by atoms with E-state index in [4.69, 9.17) is 31.2 Å². The molecule has 0 radical (unpaired) electrons. The Labute approximate surface area is 200 Å². The maximum atomic E-state index is 12.2. The summed E-state index contributed by atoms with van der Waals surface area (Å²) < 4.78 is 14.3. The van der Waals surface area contributed by atoms with Crippen LogP contribution in [-0.2, 0) is 16.1 Å². The van der Waals surface area contributed by atoms with Crippen molar-refractivity contribution in [1.29, 1.82) is 0 Å². The van der Waals surface area contributed by atoms with Crippen LogP contribution in [0.3, 0.4) is 0 Å². The second-order valence-electron chi connectivity index (χ2n) is 9.30. The minimum Gasteiger partial charge on any atom is -0.444 e. The van der Waals surface area contributed by atoms with Crippen molar-refractivity contribution < 1.29 is 14.3 Å². The quantitative estimate of drug-likeness (QED) is 0.449. The zero-order valence-corrected chi connectivity index (χ0v) is 21.3. The van der Waals surface area contributed by atoms with Crippen molar-refractivity contribution in [3.8, 4) is 10.7 Å². The van der Waals surface area contributed by atoms with Crippen LogP contribution in [-0.4, -0.2) is 51.1 Å². The molecule has 1 amide bonds. The molecule has 1 saturated heterocycles. The Morgan fingerprint density at radius 2 is 1.94 bits per heavy atom. The molecule has 0 N–H and O–H groups in total. The van der Waals surface area contributed by atoms with Gasteiger partial charge in [0, 0.05) is 13.1 Å². The van der Waals surface area contributed by atoms with Crippen molar-refractivity contribution in [3.05, 3.63) is 22.3 Å². The maximum Gasteiger partial charge on any atom is 0.410 e. The van der Waals surface area contributed by atoms with Crippen molar-refractivity contribution in [2.75, 3.05) is 19.7 Å². The van der Waals surface area contributed by atoms with Crippen LogP contribution in [0.15, 0.2) is 12.1 Å². The van der Waals surface area contributed by atoms with E-state index in [1.54, 1.807) is 4.90 Å². The number of hydrogen-bond donors (Lipinski definition) is 0. The predicted molar refractivity (Wildman–Crippen MR) is 128 cm³/mol. The zero-order valence-electron chi connectivity index (χ0n) is 19.8. The molecule has 9 heteroatoms. The van der Waals surface area contributed by atoms with Gasteiger partial charge in [-0.25, -0.2) is 14.5 Å². The fourth-order valence-electron chi connectivity index (χ4n) is 3.85. The third-order valence-electron chi connectivity index (χ3n) is 5.63. The molecule has 0 aromatic carbocycles. The summed E-state index contributed by atoms with van der Waals surface area (Å²) in [5, 5.41) is 4.78. The predicted octanol–water partition coefficient (Wildman–Crippen LogP) is 6.18. The molecule has 0 bridgehead atoms. The lowest BCUT2D eigenvalue weighted by molar-refractivity contribution is 0.00974. The smallest absolute Gasteiger partial charge is 0.410 e. The first-order valence-corrected chi connectivity index (χ1v) is 12.7. The van der Waals surface area contributed by atoms with E-state index in [0.29, 0.717) is 44.1 Å². The van der Waals surface area contributed by atoms with Gasteiger partial charge in [0.1, 0.15) is 12.2 Å². The Morgan fingerprint density at radius 1 is 1.25 bits per heavy atom. The zero-order chi connectivity index (χ0) is 23.3. The van der Waals surface area contributed by atoms with E-state index >= 15 is 0 Å². The number of likely N-dealkylation sites (tertiary alicyclic amines) is 1. The van der Waals surface area contributed by atoms with Crippen molar-refractivity contribution >= 4 is 29.0 Å². The average molecular weight is 483 g/mol. The summed E-state index contributed by atoms with van der Waals surface area (Å²) in [6, 6.07) is 4.13. The first-order valence-electron chi connectivity index (χ1n) is 11.5. The highest BCUT2D eigenvalue weighted by Gasteiger charge is 2.27. The van der Waals surface area contributed by atoms with Crippen LogP contribution in [0.1, 0.15) is 72.2 Å². The van der Waals surface area contributed by atoms with Gasteiger partial charge in [0.15, 0.2) is 11.6 Å². The molecule has 178 valence electrons. The SMILES string of the molecule is CCC(CC)n1nc(-c2ccc(Cl)s2)nc1COCC1CCN(C(=O)OC(C)(C)C)CC1. The van der Waals surface area contributed by atoms with Gasteiger partial charge in [0.05, 0.1) is 21.9 Å². The number of thiophene rings is 1. The van der Waals surface area contributed by atoms with Gasteiger partial charge < -0.3 is 14.4 Å². The number of rotatable bonds is 8. The number of amides is 1. The third kappa shape index (κ3) is 6.68. The minimum atomic E-state index is -0.463. The molecular formula is C23H35ClN4O3S. The number of halogens is 1. The van der Waals surface area contributed by atoms with Gasteiger partial charge in [-0.1, -0.05) is 25.4 Å². The molecule has 32 heavy (non-hydrogen) atoms. The average Bonchev–Trinajstić information content (AvgIpc) is 3.35. The van der Waals surface area contributed by atoms with Crippen molar-refractivity contribution in [2.45, 2.75) is 78.6 Å². The summed E-state index contributed by atoms with van der Waals surface area (Å²) in [4.78, 5) is 19.8. The summed E-state index contributed by atoms with van der Waals surface area (Å²) in [6.07, 6.45) is 3.58. The fourth-order valence-corrected chi connectivity index (χ4v) is 4.82. The van der Waals surface area contributed by atoms with Crippen LogP contribution in [0.4, 0.5) is 4.79 Å². The second-order valence-corrected chi connectivity index (χ2v) is 11.0. The molecule has 0 spiro atoms. The lowest BCUT2D eigenvalue weighted by Gasteiger charge is -2.33. The van der Waals surface area contributed by atoms with Crippen LogP contribution in [0.2, 0.25) is 4.34 Å². The molecule has 7 nitrogen and oxygen atoms in total. The minimum absolute atomic E-state index is 0.226. The fraction of sp³-hybridized carbons (Fsp3) is 0.696. The highest BCUT2D eigenvalue weighted by atomic mass is 35.5. The molecule has 3 rings (SSSR count). The Balaban J connectivity index is 1.55. The summed E-state index contributed by atoms with van der Waals surface area (Å²) in [5.41, 5.74) is -0.463. The normalized spacial score (nSPS) is 15.5. The maximum absolute atomic E-state index is 12.2. The van der Waals surface area contributed by atoms with Gasteiger partial charge in [-0.15, -0.1) is 16.4 Å². The van der Waals surface area contributed by atoms with Crippen LogP contribution < -0.4 is 0 Å². The van der Waals surface area contributed by atoms with E-state index in [9.17, 15) is 4.79 Å². The van der Waals surface area contributed by atoms with Gasteiger partial charge in [0.25, 0.3) is 0 Å². The van der Waals surface area contributed by atoms with Crippen LogP contribution >= 0.6 is 22.9 Å². The molecule has 1 aliphatic heterocycles. The number of aromatic nitrogens is 3. The van der Waals surface area contributed by atoms with Crippen molar-refractivity contribution in [3.63, 3.8) is 0 Å². The first kappa shape index (κ1) is 25.0. The Bertz CT molecular complexity index is 880. The van der Waals surface area contributed by atoms with Crippen molar-refractivity contribution in [1.82, 2.24) is 19.7 Å². The van der Waals surface area contributed by atoms with Gasteiger partial charge in [-0.3, -0.25) is 0 Å². The third-order valence-corrected chi connectivity index (χ3v) is 6.86. The molecule has 0 atom stereocenters. The van der Waals surface area contributed by atoms with E-state index in [1.165, 1.54) is 11.3 Å². The van der Waals surface area contributed by atoms with E-state index in [1.807, 2.05) is 37.6 Å². The monoisotopic (exact) mass is 482 g/mol. The molecule has 0 aliphatic carbocycles. The number of nitrogens with zero attached hydrogens (tertiary/aromatic N) is 4. The second kappa shape index (κ2) is 11.0. The number of carbonyl (C=O) groups is 1. The molecule has 0 saturated carbocycles. The molecule has 1 fully saturated rings. The molecular weight excluding hydrogens is 448 g/mol. The number of piperidine rings is 1. The summed E-state index contributed by atoms with van der Waals surface area (Å²) in [7, 11) is 0. The molecule has 0 unspecified atom stereocenters. The van der Waals surface area contributed by atoms with Crippen LogP contribution in [0.5, 0.6) is 0 Å². The van der Waals surface area contributed by atoms with E-state index < -0.39 is 5.60 Å². The Morgan fingerprint density at radius 3 is 2.50 bits per heavy atom. The van der Waals surface area contributed by atoms with E-state index in [2.05, 4.69) is 13.8 Å². The first-order chi connectivity index (χ1) is 15.2. The van der Waals surface area contributed by atoms with Crippen LogP contribution in [0.25, 0.3) is 10.7 Å². The standard InChI is InChI=1S/C23H35ClN4O3S/c1-6-17(7-2)28-20(25-21(26-28)18-8-9-19(24)32-18)15-30-14-16-10-12-27(13-11-16)22(29)31-23(3,4)5/h8-9,16-17H,6-7,10-15H2,1-5H3. The van der Waals surface area contributed by atoms with Gasteiger partial charge in [0.2, 0.25) is 0 Å². The highest BCUT2D eigenvalue weighted by molar-refractivity contribution is 7.19. The lowest BCUT2D eigenvalue weighted by Crippen LogP contribution is -2.42. The van der Waals surface area contributed by atoms with Gasteiger partial charge in [-0.2, -0.15) is 0 Å². The molecule has 1 aliphatic rings. The largest absolute Gasteiger partial charge is 0.444 e. The summed E-state index contributed by atoms with van der Waals surface area (Å²) >= 11 is 7.59. The number of carbonyl (C=O) groups excluding carboxylic acids is 1. The number of hydrogen-bond acceptors (Lipinski definition) is 6. The Kier molecular flexibility index (Phi) is 8.58. The summed E-state index contributed by atoms with van der Waals surface area (Å²) in [6.45, 7) is 12.5. The Hall–Kier alpha value is -1.64. The van der Waals surface area contributed by atoms with Crippen LogP contribution in [0, 0.1) is 5.92 Å². The van der Waals surface area contributed by atoms with Gasteiger partial charge in [-0.05, 0) is 64.5 Å². The lowest BCUT2D eigenvalue weighted by atomic mass is 9.98. The number of ether oxygens (including phenoxy) is 2. The topological polar surface area (TPSA) is 69.5 Å².